The summed E-state index contributed by atoms with van der Waals surface area (Å²) >= 11 is 0. The third-order valence-corrected chi connectivity index (χ3v) is 71.1. The van der Waals surface area contributed by atoms with Crippen LogP contribution in [0.2, 0.25) is 186 Å². The molecule has 371 valence electrons. The Hall–Kier alpha value is 3.26. The molecule has 34 heteroatoms. The van der Waals surface area contributed by atoms with Crippen LogP contribution in [0.5, 0.6) is 0 Å². The maximum absolute atomic E-state index is 7.04. The molecule has 6 atom stereocenters. The van der Waals surface area contributed by atoms with Gasteiger partial charge in [0.25, 0.3) is 74.3 Å². The molecule has 16 nitrogen and oxygen atoms in total. The molecule has 0 aliphatic carbocycles. The Morgan fingerprint density at radius 3 is 0.873 bits per heavy atom. The predicted octanol–water partition coefficient (Wildman–Crippen LogP) is 5.86. The fourth-order valence-corrected chi connectivity index (χ4v) is 81.9. The van der Waals surface area contributed by atoms with Crippen molar-refractivity contribution in [1.29, 1.82) is 0 Å². The van der Waals surface area contributed by atoms with Crippen LogP contribution in [0.3, 0.4) is 0 Å². The van der Waals surface area contributed by atoms with Crippen molar-refractivity contribution in [3.05, 3.63) is 0 Å². The van der Waals surface area contributed by atoms with Crippen molar-refractivity contribution in [3.8, 4) is 0 Å². The zero-order chi connectivity index (χ0) is 47.8. The van der Waals surface area contributed by atoms with Crippen molar-refractivity contribution >= 4 is 161 Å². The summed E-state index contributed by atoms with van der Waals surface area (Å²) in [6, 6.07) is 7.28. The zero-order valence-electron chi connectivity index (χ0n) is 42.8. The van der Waals surface area contributed by atoms with Gasteiger partial charge in [-0.3, -0.25) is 0 Å². The lowest BCUT2D eigenvalue weighted by molar-refractivity contribution is 0.271. The Labute approximate surface area is 409 Å². The molecule has 3 radical (unpaired) electrons. The zero-order valence-corrected chi connectivity index (χ0v) is 62.0. The molecule has 3 fully saturated rings. The molecule has 0 N–H and O–H groups in total. The molecule has 3 heterocycles. The van der Waals surface area contributed by atoms with Crippen LogP contribution < -0.4 is 0 Å². The summed E-state index contributed by atoms with van der Waals surface area (Å²) in [5.74, 6) is 0. The smallest absolute Gasteiger partial charge is 0.365 e. The van der Waals surface area contributed by atoms with Crippen LogP contribution in [0, 0.1) is 0 Å². The summed E-state index contributed by atoms with van der Waals surface area (Å²) in [6.07, 6.45) is 0. The van der Waals surface area contributed by atoms with Gasteiger partial charge in [0.15, 0.2) is 33.3 Å². The second kappa shape index (κ2) is 25.8. The van der Waals surface area contributed by atoms with E-state index in [1.165, 1.54) is 0 Å². The molecule has 3 saturated heterocycles. The summed E-state index contributed by atoms with van der Waals surface area (Å²) in [6.45, 7) is 46.2. The number of hydrogen-bond donors (Lipinski definition) is 0. The first-order valence-electron chi connectivity index (χ1n) is 23.0. The van der Waals surface area contributed by atoms with Crippen LogP contribution in [0.1, 0.15) is 0 Å². The van der Waals surface area contributed by atoms with E-state index in [9.17, 15) is 0 Å². The fourth-order valence-electron chi connectivity index (χ4n) is 8.34. The van der Waals surface area contributed by atoms with E-state index in [0.29, 0.717) is 0 Å². The molecule has 63 heavy (non-hydrogen) atoms. The number of rotatable bonds is 20. The van der Waals surface area contributed by atoms with Gasteiger partial charge in [0, 0.05) is 0 Å². The van der Waals surface area contributed by atoms with Crippen LogP contribution in [0.25, 0.3) is 0 Å². The maximum Gasteiger partial charge on any atom is 0.365 e. The van der Waals surface area contributed by atoms with E-state index < -0.39 is 161 Å². The van der Waals surface area contributed by atoms with Crippen molar-refractivity contribution in [3.63, 3.8) is 0 Å². The average molecular weight is 1200 g/mol. The van der Waals surface area contributed by atoms with E-state index in [1.54, 1.807) is 0 Å². The van der Waals surface area contributed by atoms with Gasteiger partial charge in [-0.05, 0) is 186 Å². The van der Waals surface area contributed by atoms with Gasteiger partial charge in [-0.15, -0.1) is 0 Å². The molecule has 0 saturated carbocycles. The molecule has 6 unspecified atom stereocenters. The monoisotopic (exact) mass is 1200 g/mol. The van der Waals surface area contributed by atoms with Gasteiger partial charge in [0.1, 0.15) is 0 Å². The minimum absolute atomic E-state index is 0.853. The third-order valence-electron chi connectivity index (χ3n) is 10.2. The lowest BCUT2D eigenvalue weighted by Gasteiger charge is -2.41. The molecule has 0 aromatic heterocycles. The SMILES string of the molecule is C[SiH]1O[Si](CC[Si](C)(C)O[Si](C)(C)O[Si](C)(C)CC[Si]2O[SiH](C)O[Si](C)(CC[Si](C)(C)O[Si](C)(C)O[Si](C)(C)CC[Si]3O[SiH](C)O[SiH](C)O[SiH](C)O3)O[SiH](C)O2)O[SiH](C)O[SiH](C)O1. The number of hydrogen-bond acceptors (Lipinski definition) is 16. The van der Waals surface area contributed by atoms with E-state index in [1.807, 2.05) is 0 Å². The quantitative estimate of drug-likeness (QED) is 0.134. The van der Waals surface area contributed by atoms with Crippen molar-refractivity contribution in [2.24, 2.45) is 0 Å². The van der Waals surface area contributed by atoms with Gasteiger partial charge in [-0.2, -0.15) is 0 Å². The molecule has 0 bridgehead atoms. The standard InChI is InChI=1S/C29H87O16Si18/c1-46-30-48(3)34-54(35-49(4)31-46)22-25-57(9,10)42-61(17,18)43-59(13,14)27-24-56-38-52(7)40-63(21,41-53(8)39-56)29-28-60(15,16)45-62(19,20)44-58(11,12)26-23-55-36-50(5)32-47(2)33-51(6)37-55/h46-53H,22-29H2,1-21H3. The molecule has 0 aromatic carbocycles. The van der Waals surface area contributed by atoms with Crippen LogP contribution in [0.15, 0.2) is 0 Å². The highest BCUT2D eigenvalue weighted by Gasteiger charge is 2.47. The van der Waals surface area contributed by atoms with Crippen molar-refractivity contribution in [2.45, 2.75) is 186 Å². The molecular formula is C29H87O16Si18. The summed E-state index contributed by atoms with van der Waals surface area (Å²) in [5, 5.41) is 0. The van der Waals surface area contributed by atoms with E-state index in [-0.39, 0.29) is 0 Å². The Morgan fingerprint density at radius 1 is 0.365 bits per heavy atom. The summed E-state index contributed by atoms with van der Waals surface area (Å²) in [5.41, 5.74) is 0. The largest absolute Gasteiger partial charge is 0.437 e. The summed E-state index contributed by atoms with van der Waals surface area (Å²) in [4.78, 5) is 0. The van der Waals surface area contributed by atoms with Crippen LogP contribution >= 0.6 is 0 Å². The van der Waals surface area contributed by atoms with Gasteiger partial charge >= 0.3 is 53.5 Å². The highest BCUT2D eigenvalue weighted by molar-refractivity contribution is 6.90. The highest BCUT2D eigenvalue weighted by atomic mass is 28.5. The fraction of sp³-hybridized carbons (Fsp3) is 1.00. The van der Waals surface area contributed by atoms with Gasteiger partial charge < -0.3 is 65.8 Å². The van der Waals surface area contributed by atoms with Crippen molar-refractivity contribution in [1.82, 2.24) is 0 Å². The van der Waals surface area contributed by atoms with Gasteiger partial charge in [0.2, 0.25) is 0 Å². The Balaban J connectivity index is 1.47. The van der Waals surface area contributed by atoms with Crippen LogP contribution in [-0.2, 0) is 65.8 Å². The molecule has 3 aliphatic heterocycles. The van der Waals surface area contributed by atoms with E-state index in [0.717, 1.165) is 48.4 Å². The first kappa shape index (κ1) is 60.6. The normalized spacial score (nSPS) is 31.8. The average Bonchev–Trinajstić information content (AvgIpc) is 3.03. The van der Waals surface area contributed by atoms with E-state index in [4.69, 9.17) is 65.8 Å². The summed E-state index contributed by atoms with van der Waals surface area (Å²) in [7, 11) is -34.5. The molecule has 0 amide bonds. The van der Waals surface area contributed by atoms with Crippen molar-refractivity contribution < 1.29 is 65.8 Å². The van der Waals surface area contributed by atoms with Gasteiger partial charge in [-0.1, -0.05) is 0 Å². The molecule has 0 spiro atoms. The molecule has 3 aliphatic rings. The van der Waals surface area contributed by atoms with Crippen LogP contribution in [-0.4, -0.2) is 161 Å². The lowest BCUT2D eigenvalue weighted by Crippen LogP contribution is -2.56. The second-order valence-corrected chi connectivity index (χ2v) is 72.9. The van der Waals surface area contributed by atoms with Crippen molar-refractivity contribution in [2.75, 3.05) is 0 Å². The molecule has 0 aromatic rings. The van der Waals surface area contributed by atoms with Gasteiger partial charge in [-0.25, -0.2) is 0 Å². The highest BCUT2D eigenvalue weighted by Crippen LogP contribution is 2.33. The topological polar surface area (TPSA) is 148 Å². The Bertz CT molecular complexity index is 1340. The van der Waals surface area contributed by atoms with Crippen LogP contribution in [0.4, 0.5) is 0 Å². The van der Waals surface area contributed by atoms with Gasteiger partial charge in [0.05, 0.1) is 0 Å². The Kier molecular flexibility index (Phi) is 24.8. The second-order valence-electron chi connectivity index (χ2n) is 20.5. The molecular weight excluding hydrogens is 1110 g/mol. The predicted molar refractivity (Wildman–Crippen MR) is 294 cm³/mol. The lowest BCUT2D eigenvalue weighted by atomic mass is 10.9. The maximum atomic E-state index is 7.04. The minimum atomic E-state index is -2.56. The first-order chi connectivity index (χ1) is 28.6. The first-order valence-corrected chi connectivity index (χ1v) is 65.0. The third kappa shape index (κ3) is 25.0. The summed E-state index contributed by atoms with van der Waals surface area (Å²) < 4.78 is 105. The van der Waals surface area contributed by atoms with E-state index in [2.05, 4.69) is 137 Å². The Morgan fingerprint density at radius 2 is 0.603 bits per heavy atom. The van der Waals surface area contributed by atoms with E-state index >= 15 is 0 Å². The minimum Gasteiger partial charge on any atom is -0.437 e. The molecule has 3 rings (SSSR count).